The van der Waals surface area contributed by atoms with Gasteiger partial charge in [0.05, 0.1) is 26.7 Å². The van der Waals surface area contributed by atoms with Crippen molar-refractivity contribution in [2.45, 2.75) is 6.54 Å². The summed E-state index contributed by atoms with van der Waals surface area (Å²) in [6.07, 6.45) is 3.34. The third-order valence-corrected chi connectivity index (χ3v) is 4.60. The molecular formula is C19H15ClN6O3. The lowest BCUT2D eigenvalue weighted by molar-refractivity contribution is -0.383. The Morgan fingerprint density at radius 1 is 1.10 bits per heavy atom. The number of hydrogen-bond donors (Lipinski definition) is 4. The molecule has 4 rings (SSSR count). The van der Waals surface area contributed by atoms with E-state index in [2.05, 4.69) is 25.6 Å². The molecule has 0 unspecified atom stereocenters. The Hall–Kier alpha value is -3.85. The van der Waals surface area contributed by atoms with Gasteiger partial charge in [0.2, 0.25) is 0 Å². The van der Waals surface area contributed by atoms with Crippen molar-refractivity contribution in [3.05, 3.63) is 86.0 Å². The maximum Gasteiger partial charge on any atom is 0.323 e. The number of aromatic nitrogens is 3. The summed E-state index contributed by atoms with van der Waals surface area (Å²) >= 11 is 6.27. The molecule has 0 fully saturated rings. The van der Waals surface area contributed by atoms with E-state index in [9.17, 15) is 14.9 Å². The van der Waals surface area contributed by atoms with E-state index < -0.39 is 4.92 Å². The zero-order valence-corrected chi connectivity index (χ0v) is 15.7. The van der Waals surface area contributed by atoms with Crippen LogP contribution in [0.25, 0.3) is 11.0 Å². The fraction of sp³-hybridized carbons (Fsp3) is 0.0526. The van der Waals surface area contributed by atoms with Crippen molar-refractivity contribution in [2.24, 2.45) is 0 Å². The second-order valence-corrected chi connectivity index (χ2v) is 6.69. The molecule has 0 aliphatic heterocycles. The summed E-state index contributed by atoms with van der Waals surface area (Å²) in [7, 11) is 0. The summed E-state index contributed by atoms with van der Waals surface area (Å²) in [5, 5.41) is 17.8. The number of anilines is 3. The van der Waals surface area contributed by atoms with Crippen LogP contribution in [0.4, 0.5) is 22.7 Å². The fourth-order valence-electron chi connectivity index (χ4n) is 2.92. The summed E-state index contributed by atoms with van der Waals surface area (Å²) in [4.78, 5) is 31.8. The first-order valence-corrected chi connectivity index (χ1v) is 8.97. The molecule has 0 amide bonds. The summed E-state index contributed by atoms with van der Waals surface area (Å²) in [5.41, 5.74) is 3.24. The van der Waals surface area contributed by atoms with Crippen LogP contribution >= 0.6 is 11.6 Å². The van der Waals surface area contributed by atoms with Crippen molar-refractivity contribution in [1.29, 1.82) is 0 Å². The SMILES string of the molecule is O=c1[nH]c2ccc(Nc3cc(NCc4cccnc4)c([N+](=O)[O-])cc3Cl)cc2[nH]1. The molecule has 4 aromatic rings. The topological polar surface area (TPSA) is 129 Å². The molecule has 0 bridgehead atoms. The second kappa shape index (κ2) is 7.64. The van der Waals surface area contributed by atoms with E-state index in [1.807, 2.05) is 6.07 Å². The number of nitrogens with one attached hydrogen (secondary N) is 4. The molecule has 29 heavy (non-hydrogen) atoms. The maximum absolute atomic E-state index is 11.4. The molecule has 146 valence electrons. The van der Waals surface area contributed by atoms with E-state index >= 15 is 0 Å². The molecule has 2 heterocycles. The third kappa shape index (κ3) is 4.04. The van der Waals surface area contributed by atoms with E-state index in [1.54, 1.807) is 42.7 Å². The van der Waals surface area contributed by atoms with Gasteiger partial charge in [-0.25, -0.2) is 4.79 Å². The minimum atomic E-state index is -0.488. The highest BCUT2D eigenvalue weighted by molar-refractivity contribution is 6.33. The van der Waals surface area contributed by atoms with Crippen LogP contribution in [-0.4, -0.2) is 19.9 Å². The van der Waals surface area contributed by atoms with Gasteiger partial charge in [0.1, 0.15) is 5.69 Å². The van der Waals surface area contributed by atoms with Crippen LogP contribution in [0, 0.1) is 10.1 Å². The summed E-state index contributed by atoms with van der Waals surface area (Å²) < 4.78 is 0. The first-order valence-electron chi connectivity index (χ1n) is 8.59. The van der Waals surface area contributed by atoms with Gasteiger partial charge in [0, 0.05) is 30.7 Å². The number of fused-ring (bicyclic) bond motifs is 1. The van der Waals surface area contributed by atoms with Crippen molar-refractivity contribution >= 4 is 45.4 Å². The largest absolute Gasteiger partial charge is 0.375 e. The first kappa shape index (κ1) is 18.5. The smallest absolute Gasteiger partial charge is 0.323 e. The Morgan fingerprint density at radius 2 is 1.93 bits per heavy atom. The summed E-state index contributed by atoms with van der Waals surface area (Å²) in [5.74, 6) is 0. The lowest BCUT2D eigenvalue weighted by Gasteiger charge is -2.13. The van der Waals surface area contributed by atoms with Gasteiger partial charge in [-0.05, 0) is 35.9 Å². The molecule has 0 radical (unpaired) electrons. The number of benzene rings is 2. The predicted octanol–water partition coefficient (Wildman–Crippen LogP) is 4.17. The Kier molecular flexibility index (Phi) is 4.88. The molecule has 2 aromatic carbocycles. The van der Waals surface area contributed by atoms with Crippen LogP contribution in [0.15, 0.2) is 59.7 Å². The molecule has 0 spiro atoms. The molecule has 2 aromatic heterocycles. The molecule has 0 atom stereocenters. The predicted molar refractivity (Wildman–Crippen MR) is 112 cm³/mol. The number of halogens is 1. The number of pyridine rings is 1. The second-order valence-electron chi connectivity index (χ2n) is 6.29. The number of hydrogen-bond acceptors (Lipinski definition) is 6. The van der Waals surface area contributed by atoms with Crippen LogP contribution < -0.4 is 16.3 Å². The normalized spacial score (nSPS) is 10.8. The average molecular weight is 411 g/mol. The number of nitro groups is 1. The Labute approximate surface area is 168 Å². The Balaban J connectivity index is 1.64. The Morgan fingerprint density at radius 3 is 2.69 bits per heavy atom. The van der Waals surface area contributed by atoms with Gasteiger partial charge >= 0.3 is 5.69 Å². The fourth-order valence-corrected chi connectivity index (χ4v) is 3.12. The highest BCUT2D eigenvalue weighted by Gasteiger charge is 2.18. The number of nitrogens with zero attached hydrogens (tertiary/aromatic N) is 2. The average Bonchev–Trinajstić information content (AvgIpc) is 3.08. The van der Waals surface area contributed by atoms with Gasteiger partial charge in [-0.1, -0.05) is 17.7 Å². The van der Waals surface area contributed by atoms with E-state index in [1.165, 1.54) is 6.07 Å². The van der Waals surface area contributed by atoms with Crippen molar-refractivity contribution in [2.75, 3.05) is 10.6 Å². The minimum Gasteiger partial charge on any atom is -0.375 e. The number of aromatic amines is 2. The van der Waals surface area contributed by atoms with E-state index in [-0.39, 0.29) is 16.4 Å². The number of rotatable bonds is 6. The number of H-pyrrole nitrogens is 2. The number of imidazole rings is 1. The van der Waals surface area contributed by atoms with Crippen molar-refractivity contribution in [3.8, 4) is 0 Å². The lowest BCUT2D eigenvalue weighted by atomic mass is 10.2. The summed E-state index contributed by atoms with van der Waals surface area (Å²) in [6, 6.07) is 11.8. The molecule has 0 aliphatic rings. The molecule has 4 N–H and O–H groups in total. The van der Waals surface area contributed by atoms with Crippen LogP contribution in [-0.2, 0) is 6.54 Å². The molecule has 0 aliphatic carbocycles. The van der Waals surface area contributed by atoms with Crippen LogP contribution in [0.1, 0.15) is 5.56 Å². The Bertz CT molecular complexity index is 1250. The number of nitro benzene ring substituents is 1. The maximum atomic E-state index is 11.4. The van der Waals surface area contributed by atoms with Gasteiger partial charge in [0.15, 0.2) is 0 Å². The van der Waals surface area contributed by atoms with Gasteiger partial charge in [-0.15, -0.1) is 0 Å². The monoisotopic (exact) mass is 410 g/mol. The highest BCUT2D eigenvalue weighted by atomic mass is 35.5. The first-order chi connectivity index (χ1) is 14.0. The van der Waals surface area contributed by atoms with E-state index in [4.69, 9.17) is 11.6 Å². The molecule has 9 nitrogen and oxygen atoms in total. The standard InChI is InChI=1S/C19H15ClN6O3/c20-13-7-18(26(28)29)17(22-10-11-2-1-5-21-9-11)8-15(13)23-12-3-4-14-16(6-12)25-19(27)24-14/h1-9,22-23H,10H2,(H2,24,25,27). The summed E-state index contributed by atoms with van der Waals surface area (Å²) in [6.45, 7) is 0.367. The van der Waals surface area contributed by atoms with Crippen molar-refractivity contribution < 1.29 is 4.92 Å². The van der Waals surface area contributed by atoms with Gasteiger partial charge in [-0.3, -0.25) is 15.1 Å². The highest BCUT2D eigenvalue weighted by Crippen LogP contribution is 2.36. The van der Waals surface area contributed by atoms with E-state index in [0.29, 0.717) is 34.6 Å². The van der Waals surface area contributed by atoms with Gasteiger partial charge in [-0.2, -0.15) is 0 Å². The van der Waals surface area contributed by atoms with Crippen LogP contribution in [0.2, 0.25) is 5.02 Å². The zero-order valence-electron chi connectivity index (χ0n) is 14.9. The van der Waals surface area contributed by atoms with Crippen molar-refractivity contribution in [3.63, 3.8) is 0 Å². The van der Waals surface area contributed by atoms with Gasteiger partial charge in [0.25, 0.3) is 5.69 Å². The van der Waals surface area contributed by atoms with Gasteiger partial charge < -0.3 is 20.6 Å². The zero-order chi connectivity index (χ0) is 20.4. The van der Waals surface area contributed by atoms with Crippen LogP contribution in [0.5, 0.6) is 0 Å². The lowest BCUT2D eigenvalue weighted by Crippen LogP contribution is -2.04. The van der Waals surface area contributed by atoms with E-state index in [0.717, 1.165) is 5.56 Å². The van der Waals surface area contributed by atoms with Crippen LogP contribution in [0.3, 0.4) is 0 Å². The molecule has 0 saturated heterocycles. The minimum absolute atomic E-state index is 0.130. The van der Waals surface area contributed by atoms with Crippen molar-refractivity contribution in [1.82, 2.24) is 15.0 Å². The quantitative estimate of drug-likeness (QED) is 0.279. The molecule has 10 heteroatoms. The molecule has 0 saturated carbocycles. The third-order valence-electron chi connectivity index (χ3n) is 4.28. The molecular weight excluding hydrogens is 396 g/mol.